The average molecular weight is 338 g/mol. The Bertz CT molecular complexity index is 971. The molecule has 0 spiro atoms. The number of benzene rings is 2. The molecule has 0 aliphatic heterocycles. The van der Waals surface area contributed by atoms with Gasteiger partial charge in [0.2, 0.25) is 0 Å². The molecule has 126 valence electrons. The van der Waals surface area contributed by atoms with Crippen LogP contribution in [-0.2, 0) is 12.8 Å². The summed E-state index contributed by atoms with van der Waals surface area (Å²) in [6.45, 7) is 0. The molecular weight excluding hydrogens is 320 g/mol. The van der Waals surface area contributed by atoms with Gasteiger partial charge in [-0.2, -0.15) is 0 Å². The van der Waals surface area contributed by atoms with Gasteiger partial charge in [-0.25, -0.2) is 4.98 Å². The molecule has 0 saturated carbocycles. The van der Waals surface area contributed by atoms with E-state index >= 15 is 0 Å². The normalized spacial score (nSPS) is 10.6. The molecule has 0 N–H and O–H groups in total. The maximum atomic E-state index is 4.84. The first kappa shape index (κ1) is 16.1. The third kappa shape index (κ3) is 3.64. The molecule has 2 aromatic carbocycles. The lowest BCUT2D eigenvalue weighted by Crippen LogP contribution is -2.04. The number of pyridine rings is 1. The molecule has 4 heteroatoms. The van der Waals surface area contributed by atoms with Crippen LogP contribution in [-0.4, -0.2) is 20.2 Å². The Morgan fingerprint density at radius 3 is 1.96 bits per heavy atom. The van der Waals surface area contributed by atoms with Crippen molar-refractivity contribution in [3.05, 3.63) is 96.6 Å². The Kier molecular flexibility index (Phi) is 4.74. The minimum atomic E-state index is 0.730. The first-order valence-corrected chi connectivity index (χ1v) is 8.63. The van der Waals surface area contributed by atoms with Crippen molar-refractivity contribution < 1.29 is 0 Å². The van der Waals surface area contributed by atoms with Crippen LogP contribution in [0.25, 0.3) is 22.5 Å². The molecule has 0 bridgehead atoms. The third-order valence-corrected chi connectivity index (χ3v) is 4.19. The van der Waals surface area contributed by atoms with Gasteiger partial charge in [0, 0.05) is 29.9 Å². The van der Waals surface area contributed by atoms with Crippen molar-refractivity contribution in [1.29, 1.82) is 0 Å². The van der Waals surface area contributed by atoms with Crippen LogP contribution in [0.3, 0.4) is 0 Å². The van der Waals surface area contributed by atoms with Crippen LogP contribution >= 0.6 is 0 Å². The van der Waals surface area contributed by atoms with Crippen LogP contribution in [0.15, 0.2) is 85.2 Å². The molecule has 2 heterocycles. The molecule has 0 fully saturated rings. The summed E-state index contributed by atoms with van der Waals surface area (Å²) >= 11 is 0. The Balaban J connectivity index is 1.70. The van der Waals surface area contributed by atoms with Crippen molar-refractivity contribution in [3.8, 4) is 22.5 Å². The van der Waals surface area contributed by atoms with Crippen molar-refractivity contribution in [2.24, 2.45) is 0 Å². The number of hydrogen-bond acceptors (Lipinski definition) is 4. The number of nitrogens with zero attached hydrogens (tertiary/aromatic N) is 4. The molecule has 0 atom stereocenters. The van der Waals surface area contributed by atoms with Crippen molar-refractivity contribution in [3.63, 3.8) is 0 Å². The number of aromatic nitrogens is 4. The summed E-state index contributed by atoms with van der Waals surface area (Å²) in [6, 6.07) is 24.2. The van der Waals surface area contributed by atoms with Gasteiger partial charge in [-0.3, -0.25) is 4.98 Å². The second-order valence-corrected chi connectivity index (χ2v) is 6.02. The van der Waals surface area contributed by atoms with E-state index in [1.807, 2.05) is 60.8 Å². The third-order valence-electron chi connectivity index (χ3n) is 4.19. The highest BCUT2D eigenvalue weighted by Crippen LogP contribution is 2.28. The highest BCUT2D eigenvalue weighted by atomic mass is 15.2. The van der Waals surface area contributed by atoms with Gasteiger partial charge in [0.1, 0.15) is 11.4 Å². The van der Waals surface area contributed by atoms with E-state index in [2.05, 4.69) is 33.4 Å². The summed E-state index contributed by atoms with van der Waals surface area (Å²) < 4.78 is 0. The van der Waals surface area contributed by atoms with Gasteiger partial charge >= 0.3 is 0 Å². The van der Waals surface area contributed by atoms with E-state index in [1.54, 1.807) is 6.20 Å². The largest absolute Gasteiger partial charge is 0.264 e. The summed E-state index contributed by atoms with van der Waals surface area (Å²) in [4.78, 5) is 9.00. The van der Waals surface area contributed by atoms with E-state index in [0.717, 1.165) is 41.2 Å². The van der Waals surface area contributed by atoms with Crippen LogP contribution in [0.1, 0.15) is 11.4 Å². The molecular formula is C22H18N4. The smallest absolute Gasteiger partial charge is 0.152 e. The summed E-state index contributed by atoms with van der Waals surface area (Å²) in [5, 5.41) is 8.88. The zero-order valence-corrected chi connectivity index (χ0v) is 14.3. The Hall–Kier alpha value is -3.40. The molecule has 4 aromatic rings. The minimum absolute atomic E-state index is 0.730. The fraction of sp³-hybridized carbons (Fsp3) is 0.0909. The zero-order chi connectivity index (χ0) is 17.6. The standard InChI is InChI=1S/C22H18N4/c1-3-9-18(10-4-1)21-22(19-11-5-2-6-12-19)26-25-20(24-21)14-13-17-8-7-15-23-16-17/h1-12,15-16H,13-14H2. The second kappa shape index (κ2) is 7.66. The maximum absolute atomic E-state index is 4.84. The summed E-state index contributed by atoms with van der Waals surface area (Å²) in [5.74, 6) is 0.743. The van der Waals surface area contributed by atoms with Crippen LogP contribution in [0.5, 0.6) is 0 Å². The van der Waals surface area contributed by atoms with Gasteiger partial charge < -0.3 is 0 Å². The molecule has 4 nitrogen and oxygen atoms in total. The fourth-order valence-electron chi connectivity index (χ4n) is 2.86. The van der Waals surface area contributed by atoms with E-state index in [1.165, 1.54) is 5.56 Å². The quantitative estimate of drug-likeness (QED) is 0.542. The lowest BCUT2D eigenvalue weighted by Gasteiger charge is -2.09. The SMILES string of the molecule is c1ccc(-c2nnc(CCc3cccnc3)nc2-c2ccccc2)cc1. The van der Waals surface area contributed by atoms with Crippen molar-refractivity contribution in [2.75, 3.05) is 0 Å². The Morgan fingerprint density at radius 2 is 1.31 bits per heavy atom. The maximum Gasteiger partial charge on any atom is 0.152 e. The summed E-state index contributed by atoms with van der Waals surface area (Å²) in [6.07, 6.45) is 5.23. The van der Waals surface area contributed by atoms with Crippen molar-refractivity contribution >= 4 is 0 Å². The van der Waals surface area contributed by atoms with E-state index < -0.39 is 0 Å². The first-order chi connectivity index (χ1) is 12.9. The van der Waals surface area contributed by atoms with Gasteiger partial charge in [-0.05, 0) is 18.1 Å². The molecule has 0 unspecified atom stereocenters. The van der Waals surface area contributed by atoms with Gasteiger partial charge in [-0.15, -0.1) is 10.2 Å². The van der Waals surface area contributed by atoms with Gasteiger partial charge in [0.05, 0.1) is 0 Å². The van der Waals surface area contributed by atoms with Gasteiger partial charge in [-0.1, -0.05) is 66.7 Å². The van der Waals surface area contributed by atoms with Crippen LogP contribution in [0.4, 0.5) is 0 Å². The second-order valence-electron chi connectivity index (χ2n) is 6.02. The molecule has 26 heavy (non-hydrogen) atoms. The fourth-order valence-corrected chi connectivity index (χ4v) is 2.86. The Morgan fingerprint density at radius 1 is 0.615 bits per heavy atom. The summed E-state index contributed by atoms with van der Waals surface area (Å²) in [5.41, 5.74) is 4.91. The molecule has 4 rings (SSSR count). The van der Waals surface area contributed by atoms with Crippen LogP contribution in [0.2, 0.25) is 0 Å². The number of aryl methyl sites for hydroxylation is 2. The van der Waals surface area contributed by atoms with Gasteiger partial charge in [0.25, 0.3) is 0 Å². The van der Waals surface area contributed by atoms with E-state index in [0.29, 0.717) is 0 Å². The highest BCUT2D eigenvalue weighted by Gasteiger charge is 2.13. The topological polar surface area (TPSA) is 51.6 Å². The molecule has 0 aliphatic rings. The van der Waals surface area contributed by atoms with E-state index in [9.17, 15) is 0 Å². The molecule has 2 aromatic heterocycles. The summed E-state index contributed by atoms with van der Waals surface area (Å²) in [7, 11) is 0. The van der Waals surface area contributed by atoms with E-state index in [4.69, 9.17) is 4.98 Å². The predicted octanol–water partition coefficient (Wildman–Crippen LogP) is 4.39. The number of rotatable bonds is 5. The lowest BCUT2D eigenvalue weighted by atomic mass is 10.0. The molecule has 0 amide bonds. The Labute approximate surface area is 152 Å². The zero-order valence-electron chi connectivity index (χ0n) is 14.3. The average Bonchev–Trinajstić information content (AvgIpc) is 2.74. The molecule has 0 saturated heterocycles. The number of hydrogen-bond donors (Lipinski definition) is 0. The van der Waals surface area contributed by atoms with Gasteiger partial charge in [0.15, 0.2) is 5.82 Å². The van der Waals surface area contributed by atoms with E-state index in [-0.39, 0.29) is 0 Å². The lowest BCUT2D eigenvalue weighted by molar-refractivity contribution is 0.806. The first-order valence-electron chi connectivity index (χ1n) is 8.63. The highest BCUT2D eigenvalue weighted by molar-refractivity contribution is 5.77. The van der Waals surface area contributed by atoms with Crippen LogP contribution < -0.4 is 0 Å². The molecule has 0 radical (unpaired) electrons. The minimum Gasteiger partial charge on any atom is -0.264 e. The predicted molar refractivity (Wildman–Crippen MR) is 102 cm³/mol. The van der Waals surface area contributed by atoms with Crippen LogP contribution in [0, 0.1) is 0 Å². The van der Waals surface area contributed by atoms with Crippen molar-refractivity contribution in [1.82, 2.24) is 20.2 Å². The van der Waals surface area contributed by atoms with Crippen molar-refractivity contribution in [2.45, 2.75) is 12.8 Å². The monoisotopic (exact) mass is 338 g/mol. The molecule has 0 aliphatic carbocycles.